The van der Waals surface area contributed by atoms with Crippen LogP contribution in [0.1, 0.15) is 40.7 Å². The molecule has 0 radical (unpaired) electrons. The largest absolute Gasteiger partial charge is 0.369 e. The van der Waals surface area contributed by atoms with Crippen LogP contribution in [0, 0.1) is 0 Å². The highest BCUT2D eigenvalue weighted by Crippen LogP contribution is 2.27. The van der Waals surface area contributed by atoms with Gasteiger partial charge in [0.1, 0.15) is 28.9 Å². The minimum Gasteiger partial charge on any atom is -0.369 e. The van der Waals surface area contributed by atoms with Gasteiger partial charge in [0.25, 0.3) is 12.2 Å². The highest BCUT2D eigenvalue weighted by Gasteiger charge is 2.27. The van der Waals surface area contributed by atoms with Crippen LogP contribution in [0.3, 0.4) is 0 Å². The van der Waals surface area contributed by atoms with Gasteiger partial charge in [-0.1, -0.05) is 0 Å². The summed E-state index contributed by atoms with van der Waals surface area (Å²) in [6.45, 7) is 3.89. The van der Waals surface area contributed by atoms with Gasteiger partial charge in [0.2, 0.25) is 0 Å². The first kappa shape index (κ1) is 19.0. The van der Waals surface area contributed by atoms with Crippen molar-refractivity contribution in [1.29, 1.82) is 0 Å². The van der Waals surface area contributed by atoms with Crippen molar-refractivity contribution in [2.75, 3.05) is 19.7 Å². The van der Waals surface area contributed by atoms with Crippen molar-refractivity contribution in [3.8, 4) is 0 Å². The highest BCUT2D eigenvalue weighted by molar-refractivity contribution is 7.11. The maximum Gasteiger partial charge on any atom is 0.280 e. The first-order chi connectivity index (χ1) is 13.5. The lowest BCUT2D eigenvalue weighted by Gasteiger charge is -2.32. The number of fused-ring (bicyclic) bond motifs is 1. The third kappa shape index (κ3) is 4.05. The van der Waals surface area contributed by atoms with Crippen LogP contribution >= 0.6 is 11.3 Å². The van der Waals surface area contributed by atoms with E-state index in [0.29, 0.717) is 38.4 Å². The van der Waals surface area contributed by atoms with Gasteiger partial charge in [0, 0.05) is 30.7 Å². The minimum atomic E-state index is -2.70. The molecule has 0 amide bonds. The lowest BCUT2D eigenvalue weighted by Crippen LogP contribution is -2.38. The molecule has 0 saturated carbocycles. The van der Waals surface area contributed by atoms with E-state index in [2.05, 4.69) is 25.0 Å². The summed E-state index contributed by atoms with van der Waals surface area (Å²) in [5, 5.41) is 4.89. The maximum atomic E-state index is 13.2. The zero-order valence-corrected chi connectivity index (χ0v) is 15.9. The number of thiazole rings is 1. The average Bonchev–Trinajstić information content (AvgIpc) is 3.29. The summed E-state index contributed by atoms with van der Waals surface area (Å²) >= 11 is 1.51. The smallest absolute Gasteiger partial charge is 0.280 e. The van der Waals surface area contributed by atoms with Crippen LogP contribution in [0.5, 0.6) is 0 Å². The fraction of sp³-hybridized carbons (Fsp3) is 0.471. The van der Waals surface area contributed by atoms with Gasteiger partial charge in [-0.15, -0.1) is 11.3 Å². The molecular weight excluding hydrogens is 390 g/mol. The molecule has 1 atom stereocenters. The Morgan fingerprint density at radius 3 is 3.07 bits per heavy atom. The Balaban J connectivity index is 1.52. The molecule has 0 N–H and O–H groups in total. The van der Waals surface area contributed by atoms with E-state index in [1.807, 2.05) is 0 Å². The molecule has 28 heavy (non-hydrogen) atoms. The normalized spacial score (nSPS) is 18.2. The number of halogens is 2. The Labute approximate surface area is 163 Å². The fourth-order valence-corrected chi connectivity index (χ4v) is 4.19. The van der Waals surface area contributed by atoms with Crippen LogP contribution < -0.4 is 0 Å². The molecule has 11 heteroatoms. The summed E-state index contributed by atoms with van der Waals surface area (Å²) in [6.07, 6.45) is 0.286. The first-order valence-electron chi connectivity index (χ1n) is 8.75. The second kappa shape index (κ2) is 7.94. The standard InChI is InChI=1S/C17H18F2N6O2S/c1-10(26)4-15-20-6-11(28-15)7-24-2-3-27-14(8-24)13-5-12(16(18)19)23-17-21-9-22-25(13)17/h5-6,9,14,16H,2-4,7-8H2,1H3. The lowest BCUT2D eigenvalue weighted by molar-refractivity contribution is -0.116. The summed E-state index contributed by atoms with van der Waals surface area (Å²) in [7, 11) is 0. The van der Waals surface area contributed by atoms with Crippen molar-refractivity contribution >= 4 is 22.9 Å². The molecule has 1 unspecified atom stereocenters. The van der Waals surface area contributed by atoms with Crippen molar-refractivity contribution in [1.82, 2.24) is 29.5 Å². The van der Waals surface area contributed by atoms with E-state index in [4.69, 9.17) is 4.74 Å². The van der Waals surface area contributed by atoms with Crippen molar-refractivity contribution in [2.24, 2.45) is 0 Å². The number of carbonyl (C=O) groups is 1. The molecule has 3 aromatic heterocycles. The minimum absolute atomic E-state index is 0.0803. The molecule has 4 heterocycles. The Kier molecular flexibility index (Phi) is 5.38. The number of ether oxygens (including phenoxy) is 1. The molecule has 4 rings (SSSR count). The topological polar surface area (TPSA) is 85.5 Å². The molecule has 0 aromatic carbocycles. The SMILES string of the molecule is CC(=O)Cc1ncc(CN2CCOC(c3cc(C(F)F)nc4ncnn34)C2)s1. The van der Waals surface area contributed by atoms with Crippen LogP contribution in [0.4, 0.5) is 8.78 Å². The summed E-state index contributed by atoms with van der Waals surface area (Å²) in [5.74, 6) is 0.210. The maximum absolute atomic E-state index is 13.2. The molecule has 148 valence electrons. The average molecular weight is 408 g/mol. The molecular formula is C17H18F2N6O2S. The number of ketones is 1. The van der Waals surface area contributed by atoms with Gasteiger partial charge in [-0.3, -0.25) is 9.69 Å². The molecule has 1 fully saturated rings. The lowest BCUT2D eigenvalue weighted by atomic mass is 10.1. The van der Waals surface area contributed by atoms with E-state index >= 15 is 0 Å². The third-order valence-electron chi connectivity index (χ3n) is 4.38. The van der Waals surface area contributed by atoms with Gasteiger partial charge in [-0.05, 0) is 13.0 Å². The zero-order valence-electron chi connectivity index (χ0n) is 15.1. The number of morpholine rings is 1. The summed E-state index contributed by atoms with van der Waals surface area (Å²) in [5.41, 5.74) is 0.164. The zero-order chi connectivity index (χ0) is 19.7. The van der Waals surface area contributed by atoms with Crippen molar-refractivity contribution in [3.63, 3.8) is 0 Å². The van der Waals surface area contributed by atoms with Crippen molar-refractivity contribution < 1.29 is 18.3 Å². The second-order valence-electron chi connectivity index (χ2n) is 6.57. The van der Waals surface area contributed by atoms with Gasteiger partial charge >= 0.3 is 0 Å². The number of hydrogen-bond donors (Lipinski definition) is 0. The van der Waals surface area contributed by atoms with Crippen LogP contribution in [0.2, 0.25) is 0 Å². The molecule has 8 nitrogen and oxygen atoms in total. The number of nitrogens with zero attached hydrogens (tertiary/aromatic N) is 6. The van der Waals surface area contributed by atoms with Gasteiger partial charge < -0.3 is 4.74 Å². The van der Waals surface area contributed by atoms with E-state index in [1.165, 1.54) is 28.2 Å². The van der Waals surface area contributed by atoms with Crippen LogP contribution in [0.15, 0.2) is 18.6 Å². The van der Waals surface area contributed by atoms with Crippen molar-refractivity contribution in [3.05, 3.63) is 39.9 Å². The molecule has 1 saturated heterocycles. The number of Topliss-reactive ketones (excluding diaryl/α,β-unsaturated/α-hetero) is 1. The number of hydrogen-bond acceptors (Lipinski definition) is 8. The van der Waals surface area contributed by atoms with E-state index in [9.17, 15) is 13.6 Å². The Hall–Kier alpha value is -2.37. The number of aromatic nitrogens is 5. The highest BCUT2D eigenvalue weighted by atomic mass is 32.1. The van der Waals surface area contributed by atoms with Gasteiger partial charge in [-0.2, -0.15) is 14.6 Å². The van der Waals surface area contributed by atoms with Gasteiger partial charge in [0.05, 0.1) is 18.7 Å². The monoisotopic (exact) mass is 408 g/mol. The number of carbonyl (C=O) groups excluding carboxylic acids is 1. The number of rotatable bonds is 6. The predicted octanol–water partition coefficient (Wildman–Crippen LogP) is 2.22. The van der Waals surface area contributed by atoms with Gasteiger partial charge in [0.15, 0.2) is 0 Å². The third-order valence-corrected chi connectivity index (χ3v) is 5.37. The Morgan fingerprint density at radius 2 is 2.29 bits per heavy atom. The summed E-state index contributed by atoms with van der Waals surface area (Å²) < 4.78 is 33.7. The van der Waals surface area contributed by atoms with Crippen LogP contribution in [0.25, 0.3) is 5.78 Å². The first-order valence-corrected chi connectivity index (χ1v) is 9.57. The van der Waals surface area contributed by atoms with E-state index in [1.54, 1.807) is 13.1 Å². The molecule has 0 spiro atoms. The van der Waals surface area contributed by atoms with Crippen LogP contribution in [-0.4, -0.2) is 54.9 Å². The van der Waals surface area contributed by atoms with Gasteiger partial charge in [-0.25, -0.2) is 18.7 Å². The Bertz CT molecular complexity index is 991. The summed E-state index contributed by atoms with van der Waals surface area (Å²) in [4.78, 5) is 26.5. The molecule has 3 aromatic rings. The van der Waals surface area contributed by atoms with E-state index in [0.717, 1.165) is 9.88 Å². The Morgan fingerprint density at radius 1 is 1.43 bits per heavy atom. The van der Waals surface area contributed by atoms with E-state index in [-0.39, 0.29) is 17.3 Å². The van der Waals surface area contributed by atoms with Crippen molar-refractivity contribution in [2.45, 2.75) is 32.4 Å². The quantitative estimate of drug-likeness (QED) is 0.618. The molecule has 1 aliphatic heterocycles. The number of alkyl halides is 2. The fourth-order valence-electron chi connectivity index (χ4n) is 3.16. The van der Waals surface area contributed by atoms with Crippen LogP contribution in [-0.2, 0) is 22.5 Å². The molecule has 0 bridgehead atoms. The second-order valence-corrected chi connectivity index (χ2v) is 7.77. The predicted molar refractivity (Wildman–Crippen MR) is 96.2 cm³/mol. The van der Waals surface area contributed by atoms with E-state index < -0.39 is 12.5 Å². The molecule has 1 aliphatic rings. The summed E-state index contributed by atoms with van der Waals surface area (Å²) in [6, 6.07) is 1.33. The molecule has 0 aliphatic carbocycles.